The molecule has 0 aliphatic rings. The molecule has 6 heterocycles. The molecule has 0 N–H and O–H groups in total. The van der Waals surface area contributed by atoms with Gasteiger partial charge in [-0.3, -0.25) is 0 Å². The zero-order chi connectivity index (χ0) is 69.5. The molecule has 19 aromatic rings. The molecule has 104 heavy (non-hydrogen) atoms. The van der Waals surface area contributed by atoms with Crippen molar-refractivity contribution in [1.82, 2.24) is 44.0 Å². The molecule has 11 nitrogen and oxygen atoms in total. The second kappa shape index (κ2) is 26.5. The van der Waals surface area contributed by atoms with Crippen LogP contribution in [0.5, 0.6) is 0 Å². The molecule has 0 bridgehead atoms. The maximum absolute atomic E-state index is 9.55. The molecule has 0 fully saturated rings. The number of aromatic nitrogens is 9. The summed E-state index contributed by atoms with van der Waals surface area (Å²) in [4.78, 5) is 35.4. The van der Waals surface area contributed by atoms with Crippen molar-refractivity contribution in [1.29, 1.82) is 10.5 Å². The summed E-state index contributed by atoms with van der Waals surface area (Å²) >= 11 is 0. The van der Waals surface area contributed by atoms with Crippen LogP contribution in [0.15, 0.2) is 346 Å². The average molecular weight is 1330 g/mol. The van der Waals surface area contributed by atoms with Crippen LogP contribution < -0.4 is 0 Å². The highest BCUT2D eigenvalue weighted by atomic mass is 15.0. The van der Waals surface area contributed by atoms with E-state index in [0.717, 1.165) is 155 Å². The van der Waals surface area contributed by atoms with Gasteiger partial charge < -0.3 is 9.13 Å². The van der Waals surface area contributed by atoms with Crippen LogP contribution in [0, 0.1) is 22.7 Å². The molecule has 0 saturated heterocycles. The van der Waals surface area contributed by atoms with E-state index < -0.39 is 0 Å². The van der Waals surface area contributed by atoms with E-state index in [1.165, 1.54) is 0 Å². The molecule has 13 aromatic carbocycles. The molecule has 484 valence electrons. The van der Waals surface area contributed by atoms with Crippen molar-refractivity contribution in [3.8, 4) is 125 Å². The molecule has 0 aliphatic carbocycles. The lowest BCUT2D eigenvalue weighted by molar-refractivity contribution is 1.07. The highest BCUT2D eigenvalue weighted by Crippen LogP contribution is 2.44. The standard InChI is InChI=1S/C49H30N6.C44H27N5/c50-31-32-19-21-36(22-20-32)47-52-48(37-27-23-34(24-28-37)33-11-3-1-4-12-33)54-49(53-47)38-29-25-35(26-30-38)45-44-41-16-8-10-18-43(41)55(39-13-5-2-6-14-39)46(44)40-15-7-9-17-42(40)51-45;45-28-29-12-11-15-33(26-29)39-27-38(47-44(48-39)32-13-3-1-4-14-32)30-22-24-31(25-23-30)42-41-36-19-8-10-21-40(36)49(34-16-5-2-6-17-34)43(41)35-18-7-9-20-37(35)46-42/h1-30H;1-27H. The highest BCUT2D eigenvalue weighted by molar-refractivity contribution is 6.24. The fourth-order valence-corrected chi connectivity index (χ4v) is 14.2. The van der Waals surface area contributed by atoms with Crippen LogP contribution in [0.3, 0.4) is 0 Å². The van der Waals surface area contributed by atoms with Crippen LogP contribution in [-0.2, 0) is 0 Å². The Morgan fingerprint density at radius 2 is 0.567 bits per heavy atom. The number of benzene rings is 13. The molecule has 19 rings (SSSR count). The highest BCUT2D eigenvalue weighted by Gasteiger charge is 2.24. The Morgan fingerprint density at radius 1 is 0.231 bits per heavy atom. The molecule has 0 spiro atoms. The van der Waals surface area contributed by atoms with E-state index in [-0.39, 0.29) is 0 Å². The average Bonchev–Trinajstić information content (AvgIpc) is 1.56. The summed E-state index contributed by atoms with van der Waals surface area (Å²) in [5.74, 6) is 2.29. The second-order valence-corrected chi connectivity index (χ2v) is 25.4. The summed E-state index contributed by atoms with van der Waals surface area (Å²) in [6.07, 6.45) is 0. The fraction of sp³-hybridized carbons (Fsp3) is 0. The van der Waals surface area contributed by atoms with Gasteiger partial charge >= 0.3 is 0 Å². The SMILES string of the molecule is N#Cc1ccc(-c2nc(-c3ccc(-c4ccccc4)cc3)nc(-c3ccc(-c4nc5ccccc5c5c4c4ccccc4n5-c4ccccc4)cc3)n2)cc1.N#Cc1cccc(-c2cc(-c3ccc(-c4nc5ccccc5c5c4c4ccccc4n5-c4ccccc4)cc3)nc(-c3ccccc3)n2)c1. The molecule has 6 aromatic heterocycles. The van der Waals surface area contributed by atoms with Crippen LogP contribution in [-0.4, -0.2) is 44.0 Å². The van der Waals surface area contributed by atoms with Crippen molar-refractivity contribution in [3.05, 3.63) is 357 Å². The molecule has 0 atom stereocenters. The van der Waals surface area contributed by atoms with Gasteiger partial charge in [0, 0.05) is 88.2 Å². The Kier molecular flexibility index (Phi) is 15.7. The Bertz CT molecular complexity index is 6560. The smallest absolute Gasteiger partial charge is 0.164 e. The van der Waals surface area contributed by atoms with E-state index in [0.29, 0.717) is 34.4 Å². The van der Waals surface area contributed by atoms with Gasteiger partial charge in [-0.15, -0.1) is 0 Å². The number of hydrogen-bond acceptors (Lipinski definition) is 9. The van der Waals surface area contributed by atoms with Crippen molar-refractivity contribution >= 4 is 65.4 Å². The van der Waals surface area contributed by atoms with E-state index >= 15 is 0 Å². The molecule has 11 heteroatoms. The summed E-state index contributed by atoms with van der Waals surface area (Å²) in [6, 6.07) is 122. The lowest BCUT2D eigenvalue weighted by Gasteiger charge is -2.12. The van der Waals surface area contributed by atoms with Gasteiger partial charge in [-0.1, -0.05) is 255 Å². The number of pyridine rings is 2. The predicted molar refractivity (Wildman–Crippen MR) is 419 cm³/mol. The molecule has 0 amide bonds. The number of nitrogens with zero attached hydrogens (tertiary/aromatic N) is 11. The van der Waals surface area contributed by atoms with Gasteiger partial charge in [-0.25, -0.2) is 34.9 Å². The Balaban J connectivity index is 0.000000149. The Morgan fingerprint density at radius 3 is 1.04 bits per heavy atom. The normalized spacial score (nSPS) is 11.2. The van der Waals surface area contributed by atoms with Gasteiger partial charge in [-0.05, 0) is 102 Å². The third-order valence-corrected chi connectivity index (χ3v) is 19.1. The van der Waals surface area contributed by atoms with Crippen molar-refractivity contribution < 1.29 is 0 Å². The lowest BCUT2D eigenvalue weighted by atomic mass is 10.00. The summed E-state index contributed by atoms with van der Waals surface area (Å²) in [6.45, 7) is 0. The number of para-hydroxylation sites is 6. The quantitative estimate of drug-likeness (QED) is 0.123. The van der Waals surface area contributed by atoms with Crippen LogP contribution >= 0.6 is 0 Å². The summed E-state index contributed by atoms with van der Waals surface area (Å²) < 4.78 is 4.72. The van der Waals surface area contributed by atoms with Crippen LogP contribution in [0.4, 0.5) is 0 Å². The molecule has 0 radical (unpaired) electrons. The first-order valence-corrected chi connectivity index (χ1v) is 34.3. The first-order valence-electron chi connectivity index (χ1n) is 34.3. The van der Waals surface area contributed by atoms with Gasteiger partial charge in [0.05, 0.1) is 79.1 Å². The Labute approximate surface area is 598 Å². The van der Waals surface area contributed by atoms with Crippen LogP contribution in [0.25, 0.3) is 179 Å². The van der Waals surface area contributed by atoms with Gasteiger partial charge in [-0.2, -0.15) is 10.5 Å². The van der Waals surface area contributed by atoms with E-state index in [9.17, 15) is 10.5 Å². The number of rotatable bonds is 11. The maximum Gasteiger partial charge on any atom is 0.164 e. The van der Waals surface area contributed by atoms with E-state index in [4.69, 9.17) is 34.9 Å². The number of nitriles is 2. The third-order valence-electron chi connectivity index (χ3n) is 19.1. The van der Waals surface area contributed by atoms with E-state index in [1.807, 2.05) is 97.1 Å². The van der Waals surface area contributed by atoms with E-state index in [2.05, 4.69) is 252 Å². The number of hydrogen-bond donors (Lipinski definition) is 0. The van der Waals surface area contributed by atoms with Crippen molar-refractivity contribution in [2.45, 2.75) is 0 Å². The Hall–Kier alpha value is -14.7. The summed E-state index contributed by atoms with van der Waals surface area (Å²) in [7, 11) is 0. The first-order chi connectivity index (χ1) is 51.5. The van der Waals surface area contributed by atoms with E-state index in [1.54, 1.807) is 18.2 Å². The molecular formula is C93H57N11. The molecule has 0 aliphatic heterocycles. The minimum Gasteiger partial charge on any atom is -0.308 e. The van der Waals surface area contributed by atoms with Gasteiger partial charge in [0.1, 0.15) is 0 Å². The van der Waals surface area contributed by atoms with Crippen molar-refractivity contribution in [2.75, 3.05) is 0 Å². The van der Waals surface area contributed by atoms with Crippen LogP contribution in [0.2, 0.25) is 0 Å². The van der Waals surface area contributed by atoms with Gasteiger partial charge in [0.2, 0.25) is 0 Å². The van der Waals surface area contributed by atoms with Gasteiger partial charge in [0.25, 0.3) is 0 Å². The molecule has 0 unspecified atom stereocenters. The lowest BCUT2D eigenvalue weighted by Crippen LogP contribution is -2.00. The summed E-state index contributed by atoms with van der Waals surface area (Å²) in [5.41, 5.74) is 22.8. The van der Waals surface area contributed by atoms with Crippen molar-refractivity contribution in [3.63, 3.8) is 0 Å². The second-order valence-electron chi connectivity index (χ2n) is 25.4. The minimum absolute atomic E-state index is 0.535. The third kappa shape index (κ3) is 11.4. The van der Waals surface area contributed by atoms with Crippen molar-refractivity contribution in [2.24, 2.45) is 0 Å². The largest absolute Gasteiger partial charge is 0.308 e. The number of fused-ring (bicyclic) bond motifs is 10. The monoisotopic (exact) mass is 1330 g/mol. The molecular weight excluding hydrogens is 1270 g/mol. The summed E-state index contributed by atoms with van der Waals surface area (Å²) in [5, 5.41) is 25.7. The van der Waals surface area contributed by atoms with Gasteiger partial charge in [0.15, 0.2) is 23.3 Å². The zero-order valence-electron chi connectivity index (χ0n) is 55.8. The maximum atomic E-state index is 9.55. The topological polar surface area (TPSA) is 148 Å². The van der Waals surface area contributed by atoms with Crippen LogP contribution in [0.1, 0.15) is 11.1 Å². The first kappa shape index (κ1) is 61.7. The zero-order valence-corrected chi connectivity index (χ0v) is 55.8. The predicted octanol–water partition coefficient (Wildman–Crippen LogP) is 22.4. The fourth-order valence-electron chi connectivity index (χ4n) is 14.2. The minimum atomic E-state index is 0.535. The molecule has 0 saturated carbocycles.